The fourth-order valence-electron chi connectivity index (χ4n) is 2.98. The van der Waals surface area contributed by atoms with Crippen LogP contribution in [0.3, 0.4) is 0 Å². The Kier molecular flexibility index (Phi) is 4.35. The molecule has 0 saturated heterocycles. The van der Waals surface area contributed by atoms with Gasteiger partial charge in [0.1, 0.15) is 0 Å². The van der Waals surface area contributed by atoms with Crippen molar-refractivity contribution in [3.05, 3.63) is 63.7 Å². The van der Waals surface area contributed by atoms with E-state index in [1.54, 1.807) is 17.0 Å². The van der Waals surface area contributed by atoms with Crippen LogP contribution in [0.5, 0.6) is 0 Å². The Hall–Kier alpha value is -3.02. The Balaban J connectivity index is 2.09. The molecule has 3 rings (SSSR count). The molecular weight excluding hydrogens is 318 g/mol. The Labute approximate surface area is 146 Å². The lowest BCUT2D eigenvalue weighted by Gasteiger charge is -2.26. The molecule has 25 heavy (non-hydrogen) atoms. The molecular formula is C19H19N3O3. The molecule has 0 saturated carbocycles. The quantitative estimate of drug-likeness (QED) is 0.623. The third kappa shape index (κ3) is 3.28. The molecule has 6 nitrogen and oxygen atoms in total. The molecule has 1 heterocycles. The molecule has 0 atom stereocenters. The summed E-state index contributed by atoms with van der Waals surface area (Å²) in [6, 6.07) is 12.0. The lowest BCUT2D eigenvalue weighted by atomic mass is 10.1. The second-order valence-electron chi connectivity index (χ2n) is 6.39. The minimum atomic E-state index is -0.442. The number of fused-ring (bicyclic) bond motifs is 1. The lowest BCUT2D eigenvalue weighted by molar-refractivity contribution is -0.384. The first kappa shape index (κ1) is 16.8. The van der Waals surface area contributed by atoms with Gasteiger partial charge in [-0.1, -0.05) is 6.07 Å². The van der Waals surface area contributed by atoms with Crippen LogP contribution in [0.2, 0.25) is 0 Å². The van der Waals surface area contributed by atoms with Crippen LogP contribution in [0.4, 0.5) is 17.1 Å². The molecule has 1 aliphatic rings. The van der Waals surface area contributed by atoms with Gasteiger partial charge in [0.15, 0.2) is 0 Å². The average molecular weight is 337 g/mol. The van der Waals surface area contributed by atoms with E-state index < -0.39 is 4.92 Å². The third-order valence-electron chi connectivity index (χ3n) is 4.16. The first-order valence-corrected chi connectivity index (χ1v) is 8.12. The van der Waals surface area contributed by atoms with Crippen LogP contribution in [0.15, 0.2) is 47.5 Å². The Bertz CT molecular complexity index is 870. The lowest BCUT2D eigenvalue weighted by Crippen LogP contribution is -2.37. The van der Waals surface area contributed by atoms with E-state index in [0.29, 0.717) is 5.71 Å². The topological polar surface area (TPSA) is 75.8 Å². The number of aliphatic imine (C=N–C) groups is 1. The zero-order chi connectivity index (χ0) is 18.1. The highest BCUT2D eigenvalue weighted by Gasteiger charge is 2.27. The second kappa shape index (κ2) is 6.47. The number of rotatable bonds is 3. The molecule has 0 fully saturated rings. The van der Waals surface area contributed by atoms with Gasteiger partial charge in [-0.3, -0.25) is 19.9 Å². The van der Waals surface area contributed by atoms with E-state index in [2.05, 4.69) is 0 Å². The molecule has 0 aliphatic carbocycles. The summed E-state index contributed by atoms with van der Waals surface area (Å²) in [7, 11) is 0. The minimum absolute atomic E-state index is 0.0134. The first-order chi connectivity index (χ1) is 11.9. The summed E-state index contributed by atoms with van der Waals surface area (Å²) < 4.78 is 0. The highest BCUT2D eigenvalue weighted by Crippen LogP contribution is 2.35. The number of nitro benzene ring substituents is 1. The van der Waals surface area contributed by atoms with E-state index in [1.165, 1.54) is 12.1 Å². The number of anilines is 1. The van der Waals surface area contributed by atoms with Gasteiger partial charge in [-0.05, 0) is 56.2 Å². The maximum absolute atomic E-state index is 12.8. The van der Waals surface area contributed by atoms with E-state index in [9.17, 15) is 14.9 Å². The number of amides is 1. The summed E-state index contributed by atoms with van der Waals surface area (Å²) in [5, 5.41) is 10.8. The van der Waals surface area contributed by atoms with Gasteiger partial charge in [-0.15, -0.1) is 0 Å². The van der Waals surface area contributed by atoms with Gasteiger partial charge in [0, 0.05) is 18.2 Å². The van der Waals surface area contributed by atoms with E-state index in [4.69, 9.17) is 4.99 Å². The molecule has 0 bridgehead atoms. The van der Waals surface area contributed by atoms with Crippen molar-refractivity contribution in [1.29, 1.82) is 0 Å². The van der Waals surface area contributed by atoms with E-state index in [1.807, 2.05) is 39.0 Å². The Morgan fingerprint density at radius 2 is 1.84 bits per heavy atom. The van der Waals surface area contributed by atoms with Crippen LogP contribution < -0.4 is 4.90 Å². The van der Waals surface area contributed by atoms with Crippen LogP contribution in [0, 0.1) is 17.0 Å². The van der Waals surface area contributed by atoms with Gasteiger partial charge in [0.05, 0.1) is 28.4 Å². The number of hydrogen-bond acceptors (Lipinski definition) is 4. The van der Waals surface area contributed by atoms with Crippen molar-refractivity contribution in [2.45, 2.75) is 33.2 Å². The standard InChI is InChI=1S/C19H19N3O3/c1-12(2)21-18-10-13(3)4-9-16(18)20-17(11-19(21)23)14-5-7-15(8-6-14)22(24)25/h4-10,12H,11H2,1-3H3. The van der Waals surface area contributed by atoms with Crippen LogP contribution in [0.1, 0.15) is 31.4 Å². The van der Waals surface area contributed by atoms with Crippen LogP contribution >= 0.6 is 0 Å². The maximum Gasteiger partial charge on any atom is 0.269 e. The highest BCUT2D eigenvalue weighted by molar-refractivity contribution is 6.17. The van der Waals surface area contributed by atoms with Gasteiger partial charge in [0.25, 0.3) is 5.69 Å². The smallest absolute Gasteiger partial charge is 0.269 e. The molecule has 2 aromatic rings. The van der Waals surface area contributed by atoms with Crippen molar-refractivity contribution in [1.82, 2.24) is 0 Å². The predicted octanol–water partition coefficient (Wildman–Crippen LogP) is 4.17. The van der Waals surface area contributed by atoms with Gasteiger partial charge in [0.2, 0.25) is 5.91 Å². The van der Waals surface area contributed by atoms with Gasteiger partial charge in [-0.25, -0.2) is 0 Å². The minimum Gasteiger partial charge on any atom is -0.307 e. The largest absolute Gasteiger partial charge is 0.307 e. The normalized spacial score (nSPS) is 14.2. The van der Waals surface area contributed by atoms with Crippen molar-refractivity contribution < 1.29 is 9.72 Å². The summed E-state index contributed by atoms with van der Waals surface area (Å²) >= 11 is 0. The highest BCUT2D eigenvalue weighted by atomic mass is 16.6. The maximum atomic E-state index is 12.8. The summed E-state index contributed by atoms with van der Waals surface area (Å²) in [5.41, 5.74) is 3.95. The predicted molar refractivity (Wildman–Crippen MR) is 97.7 cm³/mol. The molecule has 0 aromatic heterocycles. The molecule has 0 spiro atoms. The van der Waals surface area contributed by atoms with Crippen molar-refractivity contribution in [2.75, 3.05) is 4.90 Å². The molecule has 0 unspecified atom stereocenters. The number of hydrogen-bond donors (Lipinski definition) is 0. The van der Waals surface area contributed by atoms with Crippen molar-refractivity contribution in [2.24, 2.45) is 4.99 Å². The SMILES string of the molecule is Cc1ccc2c(c1)N(C(C)C)C(=O)CC(c1ccc([N+](=O)[O-])cc1)=N2. The molecule has 0 N–H and O–H groups in total. The van der Waals surface area contributed by atoms with Crippen LogP contribution in [0.25, 0.3) is 0 Å². The number of aryl methyl sites for hydroxylation is 1. The van der Waals surface area contributed by atoms with Crippen LogP contribution in [-0.2, 0) is 4.79 Å². The molecule has 128 valence electrons. The fraction of sp³-hybridized carbons (Fsp3) is 0.263. The number of nitro groups is 1. The van der Waals surface area contributed by atoms with Gasteiger partial charge in [-0.2, -0.15) is 0 Å². The number of nitrogens with zero attached hydrogens (tertiary/aromatic N) is 3. The first-order valence-electron chi connectivity index (χ1n) is 8.12. The Morgan fingerprint density at radius 3 is 2.44 bits per heavy atom. The number of carbonyl (C=O) groups excluding carboxylic acids is 1. The van der Waals surface area contributed by atoms with Crippen molar-refractivity contribution >= 4 is 28.7 Å². The average Bonchev–Trinajstić information content (AvgIpc) is 2.70. The Morgan fingerprint density at radius 1 is 1.16 bits per heavy atom. The zero-order valence-electron chi connectivity index (χ0n) is 14.4. The molecule has 0 radical (unpaired) electrons. The van der Waals surface area contributed by atoms with Crippen LogP contribution in [-0.4, -0.2) is 22.6 Å². The van der Waals surface area contributed by atoms with Crippen molar-refractivity contribution in [3.8, 4) is 0 Å². The summed E-state index contributed by atoms with van der Waals surface area (Å²) in [4.78, 5) is 29.7. The summed E-state index contributed by atoms with van der Waals surface area (Å²) in [5.74, 6) is -0.0311. The summed E-state index contributed by atoms with van der Waals surface area (Å²) in [6.45, 7) is 5.93. The van der Waals surface area contributed by atoms with Gasteiger partial charge >= 0.3 is 0 Å². The van der Waals surface area contributed by atoms with E-state index >= 15 is 0 Å². The second-order valence-corrected chi connectivity index (χ2v) is 6.39. The zero-order valence-corrected chi connectivity index (χ0v) is 14.4. The number of non-ortho nitro benzene ring substituents is 1. The van der Waals surface area contributed by atoms with Gasteiger partial charge < -0.3 is 4.90 Å². The third-order valence-corrected chi connectivity index (χ3v) is 4.16. The molecule has 1 amide bonds. The fourth-order valence-corrected chi connectivity index (χ4v) is 2.98. The monoisotopic (exact) mass is 337 g/mol. The molecule has 1 aliphatic heterocycles. The van der Waals surface area contributed by atoms with E-state index in [-0.39, 0.29) is 24.1 Å². The molecule has 2 aromatic carbocycles. The number of carbonyl (C=O) groups is 1. The number of benzene rings is 2. The van der Waals surface area contributed by atoms with Crippen molar-refractivity contribution in [3.63, 3.8) is 0 Å². The van der Waals surface area contributed by atoms with E-state index in [0.717, 1.165) is 22.5 Å². The summed E-state index contributed by atoms with van der Waals surface area (Å²) in [6.07, 6.45) is 0.156. The molecule has 6 heteroatoms.